The van der Waals surface area contributed by atoms with Crippen LogP contribution in [0.1, 0.15) is 226 Å². The van der Waals surface area contributed by atoms with Crippen LogP contribution in [0.25, 0.3) is 0 Å². The summed E-state index contributed by atoms with van der Waals surface area (Å²) in [6.45, 7) is 4.37. The Labute approximate surface area is 270 Å². The maximum Gasteiger partial charge on any atom is 0.220 e. The molecule has 0 radical (unpaired) electrons. The average molecular weight is 610 g/mol. The average Bonchev–Trinajstić information content (AvgIpc) is 3.01. The van der Waals surface area contributed by atoms with Gasteiger partial charge >= 0.3 is 0 Å². The normalized spacial score (nSPS) is 12.9. The molecule has 0 aliphatic carbocycles. The highest BCUT2D eigenvalue weighted by atomic mass is 16.3. The molecule has 0 saturated heterocycles. The predicted molar refractivity (Wildman–Crippen MR) is 189 cm³/mol. The fourth-order valence-electron chi connectivity index (χ4n) is 6.30. The van der Waals surface area contributed by atoms with E-state index in [1.807, 2.05) is 0 Å². The largest absolute Gasteiger partial charge is 0.394 e. The van der Waals surface area contributed by atoms with E-state index in [9.17, 15) is 15.0 Å². The second-order valence-corrected chi connectivity index (χ2v) is 13.7. The molecule has 0 aliphatic rings. The molecule has 0 aromatic heterocycles. The van der Waals surface area contributed by atoms with E-state index in [-0.39, 0.29) is 12.5 Å². The van der Waals surface area contributed by atoms with Gasteiger partial charge in [-0.1, -0.05) is 206 Å². The molecule has 1 amide bonds. The number of hydrogen-bond acceptors (Lipinski definition) is 3. The molecule has 2 unspecified atom stereocenters. The summed E-state index contributed by atoms with van der Waals surface area (Å²) >= 11 is 0. The number of carbonyl (C=O) groups excluding carboxylic acids is 1. The van der Waals surface area contributed by atoms with Crippen molar-refractivity contribution >= 4 is 5.91 Å². The van der Waals surface area contributed by atoms with Crippen molar-refractivity contribution in [1.29, 1.82) is 0 Å². The Bertz CT molecular complexity index is 541. The van der Waals surface area contributed by atoms with Crippen molar-refractivity contribution in [3.05, 3.63) is 0 Å². The summed E-state index contributed by atoms with van der Waals surface area (Å²) in [5.41, 5.74) is 0. The molecule has 4 nitrogen and oxygen atoms in total. The molecule has 0 rings (SSSR count). The Morgan fingerprint density at radius 2 is 0.744 bits per heavy atom. The maximum absolute atomic E-state index is 12.3. The Hall–Kier alpha value is -0.610. The summed E-state index contributed by atoms with van der Waals surface area (Å²) in [5, 5.41) is 23.1. The number of aliphatic hydroxyl groups excluding tert-OH is 2. The van der Waals surface area contributed by atoms with Crippen LogP contribution in [0.5, 0.6) is 0 Å². The number of amides is 1. The molecule has 4 heteroatoms. The van der Waals surface area contributed by atoms with Gasteiger partial charge in [-0.2, -0.15) is 0 Å². The number of unbranched alkanes of at least 4 members (excludes halogenated alkanes) is 29. The van der Waals surface area contributed by atoms with Gasteiger partial charge in [0.25, 0.3) is 0 Å². The molecule has 0 heterocycles. The predicted octanol–water partition coefficient (Wildman–Crippen LogP) is 11.7. The molecule has 43 heavy (non-hydrogen) atoms. The van der Waals surface area contributed by atoms with Gasteiger partial charge in [0.05, 0.1) is 18.8 Å². The van der Waals surface area contributed by atoms with E-state index in [0.29, 0.717) is 12.8 Å². The summed E-state index contributed by atoms with van der Waals surface area (Å²) in [4.78, 5) is 12.3. The van der Waals surface area contributed by atoms with Gasteiger partial charge in [0, 0.05) is 6.42 Å². The fraction of sp³-hybridized carbons (Fsp3) is 0.974. The van der Waals surface area contributed by atoms with Crippen molar-refractivity contribution in [3.63, 3.8) is 0 Å². The molecule has 0 fully saturated rings. The lowest BCUT2D eigenvalue weighted by Gasteiger charge is -2.22. The first kappa shape index (κ1) is 42.4. The standard InChI is InChI=1S/C39H79NO3/c1-3-5-7-9-11-13-15-17-19-21-23-25-27-29-31-33-35-39(43)40-37(36-41)38(42)34-32-30-28-26-24-22-20-18-16-14-12-10-8-6-4-2/h37-38,41-42H,3-36H2,1-2H3,(H,40,43). The van der Waals surface area contributed by atoms with Crippen LogP contribution >= 0.6 is 0 Å². The minimum atomic E-state index is -0.651. The summed E-state index contributed by atoms with van der Waals surface area (Å²) in [7, 11) is 0. The summed E-state index contributed by atoms with van der Waals surface area (Å²) in [5.74, 6) is -0.0278. The highest BCUT2D eigenvalue weighted by molar-refractivity contribution is 5.76. The SMILES string of the molecule is CCCCCCCCCCCCCCCCCCC(=O)NC(CO)C(O)CCCCCCCCCCCCCCCCC. The van der Waals surface area contributed by atoms with Crippen LogP contribution in [0.15, 0.2) is 0 Å². The topological polar surface area (TPSA) is 69.6 Å². The quantitative estimate of drug-likeness (QED) is 0.0619. The third-order valence-electron chi connectivity index (χ3n) is 9.37. The molecular formula is C39H79NO3. The minimum absolute atomic E-state index is 0.0278. The maximum atomic E-state index is 12.3. The number of rotatable bonds is 36. The number of carbonyl (C=O) groups is 1. The van der Waals surface area contributed by atoms with Gasteiger partial charge in [-0.05, 0) is 12.8 Å². The van der Waals surface area contributed by atoms with Crippen LogP contribution in [0.4, 0.5) is 0 Å². The molecular weight excluding hydrogens is 530 g/mol. The number of hydrogen-bond donors (Lipinski definition) is 3. The number of aliphatic hydroxyl groups is 2. The van der Waals surface area contributed by atoms with Crippen LogP contribution in [0, 0.1) is 0 Å². The van der Waals surface area contributed by atoms with E-state index >= 15 is 0 Å². The van der Waals surface area contributed by atoms with Crippen LogP contribution < -0.4 is 5.32 Å². The first-order valence-corrected chi connectivity index (χ1v) is 19.7. The van der Waals surface area contributed by atoms with Crippen LogP contribution in [-0.2, 0) is 4.79 Å². The van der Waals surface area contributed by atoms with Gasteiger partial charge in [-0.15, -0.1) is 0 Å². The smallest absolute Gasteiger partial charge is 0.220 e. The van der Waals surface area contributed by atoms with E-state index in [1.54, 1.807) is 0 Å². The van der Waals surface area contributed by atoms with Gasteiger partial charge in [0.15, 0.2) is 0 Å². The van der Waals surface area contributed by atoms with E-state index in [2.05, 4.69) is 19.2 Å². The van der Waals surface area contributed by atoms with Gasteiger partial charge in [0.2, 0.25) is 5.91 Å². The molecule has 0 saturated carbocycles. The second-order valence-electron chi connectivity index (χ2n) is 13.7. The van der Waals surface area contributed by atoms with Gasteiger partial charge in [0.1, 0.15) is 0 Å². The molecule has 0 aromatic rings. The Morgan fingerprint density at radius 1 is 0.465 bits per heavy atom. The van der Waals surface area contributed by atoms with Gasteiger partial charge in [-0.3, -0.25) is 4.79 Å². The zero-order valence-corrected chi connectivity index (χ0v) is 29.5. The fourth-order valence-corrected chi connectivity index (χ4v) is 6.30. The second kappa shape index (κ2) is 35.9. The monoisotopic (exact) mass is 610 g/mol. The molecule has 0 spiro atoms. The first-order chi connectivity index (χ1) is 21.2. The van der Waals surface area contributed by atoms with E-state index < -0.39 is 12.1 Å². The molecule has 258 valence electrons. The van der Waals surface area contributed by atoms with Gasteiger partial charge < -0.3 is 15.5 Å². The Morgan fingerprint density at radius 3 is 1.05 bits per heavy atom. The molecule has 2 atom stereocenters. The number of nitrogens with one attached hydrogen (secondary N) is 1. The van der Waals surface area contributed by atoms with Crippen molar-refractivity contribution in [2.24, 2.45) is 0 Å². The van der Waals surface area contributed by atoms with Crippen molar-refractivity contribution in [2.45, 2.75) is 238 Å². The lowest BCUT2D eigenvalue weighted by molar-refractivity contribution is -0.123. The van der Waals surface area contributed by atoms with Crippen molar-refractivity contribution in [2.75, 3.05) is 6.61 Å². The van der Waals surface area contributed by atoms with Crippen LogP contribution in [0.3, 0.4) is 0 Å². The van der Waals surface area contributed by atoms with Crippen LogP contribution in [-0.4, -0.2) is 34.9 Å². The zero-order valence-electron chi connectivity index (χ0n) is 29.5. The lowest BCUT2D eigenvalue weighted by Crippen LogP contribution is -2.45. The van der Waals surface area contributed by atoms with E-state index in [4.69, 9.17) is 0 Å². The Kier molecular flexibility index (Phi) is 35.4. The Balaban J connectivity index is 3.50. The molecule has 0 bridgehead atoms. The van der Waals surface area contributed by atoms with Crippen LogP contribution in [0.2, 0.25) is 0 Å². The van der Waals surface area contributed by atoms with Crippen molar-refractivity contribution in [1.82, 2.24) is 5.32 Å². The summed E-state index contributed by atoms with van der Waals surface area (Å²) in [6, 6.07) is -0.528. The first-order valence-electron chi connectivity index (χ1n) is 19.7. The van der Waals surface area contributed by atoms with Crippen molar-refractivity contribution in [3.8, 4) is 0 Å². The zero-order chi connectivity index (χ0) is 31.5. The molecule has 0 aromatic carbocycles. The minimum Gasteiger partial charge on any atom is -0.394 e. The van der Waals surface area contributed by atoms with Crippen molar-refractivity contribution < 1.29 is 15.0 Å². The lowest BCUT2D eigenvalue weighted by atomic mass is 10.0. The highest BCUT2D eigenvalue weighted by Crippen LogP contribution is 2.16. The highest BCUT2D eigenvalue weighted by Gasteiger charge is 2.19. The summed E-state index contributed by atoms with van der Waals surface area (Å²) < 4.78 is 0. The summed E-state index contributed by atoms with van der Waals surface area (Å²) in [6.07, 6.45) is 41.6. The molecule has 3 N–H and O–H groups in total. The molecule has 0 aliphatic heterocycles. The third-order valence-corrected chi connectivity index (χ3v) is 9.37. The van der Waals surface area contributed by atoms with Gasteiger partial charge in [-0.25, -0.2) is 0 Å². The van der Waals surface area contributed by atoms with E-state index in [1.165, 1.54) is 173 Å². The third kappa shape index (κ3) is 32.6. The van der Waals surface area contributed by atoms with E-state index in [0.717, 1.165) is 25.7 Å².